The molecule has 5 heteroatoms. The van der Waals surface area contributed by atoms with Gasteiger partial charge in [0, 0.05) is 22.9 Å². The average Bonchev–Trinajstić information content (AvgIpc) is 2.49. The number of ketones is 1. The molecule has 0 aliphatic heterocycles. The summed E-state index contributed by atoms with van der Waals surface area (Å²) in [5.41, 5.74) is 0.767. The van der Waals surface area contributed by atoms with Crippen LogP contribution in [0.25, 0.3) is 0 Å². The van der Waals surface area contributed by atoms with E-state index in [0.717, 1.165) is 0 Å². The Morgan fingerprint density at radius 1 is 1.24 bits per heavy atom. The number of rotatable bonds is 5. The van der Waals surface area contributed by atoms with Gasteiger partial charge in [0.2, 0.25) is 0 Å². The van der Waals surface area contributed by atoms with E-state index < -0.39 is 5.82 Å². The summed E-state index contributed by atoms with van der Waals surface area (Å²) in [4.78, 5) is 11.9. The molecule has 0 aromatic heterocycles. The van der Waals surface area contributed by atoms with Crippen molar-refractivity contribution in [1.82, 2.24) is 0 Å². The first kappa shape index (κ1) is 15.1. The molecule has 0 heterocycles. The van der Waals surface area contributed by atoms with Crippen molar-refractivity contribution in [2.45, 2.75) is 0 Å². The molecule has 0 saturated heterocycles. The largest absolute Gasteiger partial charge is 0.497 e. The highest BCUT2D eigenvalue weighted by Gasteiger charge is 2.03. The first-order valence-corrected chi connectivity index (χ1v) is 6.54. The van der Waals surface area contributed by atoms with Crippen LogP contribution in [0.5, 0.6) is 5.75 Å². The summed E-state index contributed by atoms with van der Waals surface area (Å²) in [6, 6.07) is 11.0. The first-order chi connectivity index (χ1) is 10.1. The second-order valence-electron chi connectivity index (χ2n) is 4.19. The van der Waals surface area contributed by atoms with Crippen LogP contribution in [-0.4, -0.2) is 12.9 Å². The van der Waals surface area contributed by atoms with Gasteiger partial charge in [-0.15, -0.1) is 0 Å². The Bertz CT molecular complexity index is 668. The van der Waals surface area contributed by atoms with E-state index >= 15 is 0 Å². The topological polar surface area (TPSA) is 38.3 Å². The van der Waals surface area contributed by atoms with Crippen molar-refractivity contribution in [1.29, 1.82) is 0 Å². The number of halogens is 2. The zero-order valence-corrected chi connectivity index (χ0v) is 12.0. The highest BCUT2D eigenvalue weighted by molar-refractivity contribution is 6.30. The maximum atomic E-state index is 13.5. The Balaban J connectivity index is 2.01. The lowest BCUT2D eigenvalue weighted by atomic mass is 10.1. The second-order valence-corrected chi connectivity index (χ2v) is 4.63. The summed E-state index contributed by atoms with van der Waals surface area (Å²) < 4.78 is 18.5. The number of carbonyl (C=O) groups is 1. The van der Waals surface area contributed by atoms with E-state index in [9.17, 15) is 9.18 Å². The molecular weight excluding hydrogens is 293 g/mol. The summed E-state index contributed by atoms with van der Waals surface area (Å²) in [5.74, 6) is 0.000427. The van der Waals surface area contributed by atoms with E-state index in [1.54, 1.807) is 37.4 Å². The van der Waals surface area contributed by atoms with E-state index in [-0.39, 0.29) is 11.5 Å². The van der Waals surface area contributed by atoms with Crippen LogP contribution in [0.15, 0.2) is 54.7 Å². The van der Waals surface area contributed by atoms with Crippen LogP contribution in [0.3, 0.4) is 0 Å². The van der Waals surface area contributed by atoms with Crippen molar-refractivity contribution in [2.75, 3.05) is 12.4 Å². The van der Waals surface area contributed by atoms with Crippen LogP contribution in [-0.2, 0) is 0 Å². The third-order valence-corrected chi connectivity index (χ3v) is 3.01. The molecule has 2 aromatic rings. The quantitative estimate of drug-likeness (QED) is 0.661. The van der Waals surface area contributed by atoms with Crippen LogP contribution in [0.2, 0.25) is 5.02 Å². The van der Waals surface area contributed by atoms with Crippen LogP contribution in [0.4, 0.5) is 10.1 Å². The minimum absolute atomic E-state index is 0.195. The number of nitrogens with one attached hydrogen (secondary N) is 1. The van der Waals surface area contributed by atoms with Gasteiger partial charge in [-0.3, -0.25) is 4.79 Å². The zero-order chi connectivity index (χ0) is 15.2. The van der Waals surface area contributed by atoms with Gasteiger partial charge in [-0.25, -0.2) is 4.39 Å². The maximum absolute atomic E-state index is 13.5. The molecule has 0 aliphatic rings. The second kappa shape index (κ2) is 6.90. The van der Waals surface area contributed by atoms with Gasteiger partial charge in [0.25, 0.3) is 0 Å². The zero-order valence-electron chi connectivity index (χ0n) is 11.3. The molecular formula is C16H13ClFNO2. The van der Waals surface area contributed by atoms with Crippen molar-refractivity contribution in [3.8, 4) is 5.75 Å². The van der Waals surface area contributed by atoms with Crippen molar-refractivity contribution in [3.05, 3.63) is 71.1 Å². The third kappa shape index (κ3) is 4.07. The number of allylic oxidation sites excluding steroid dienone is 1. The number of carbonyl (C=O) groups excluding carboxylic acids is 1. The van der Waals surface area contributed by atoms with Crippen LogP contribution in [0.1, 0.15) is 10.4 Å². The smallest absolute Gasteiger partial charge is 0.187 e. The Hall–Kier alpha value is -2.33. The SMILES string of the molecule is COc1ccc(C(=O)/C=C\Nc2ccc(Cl)cc2F)cc1. The Kier molecular flexibility index (Phi) is 4.95. The van der Waals surface area contributed by atoms with Crippen LogP contribution >= 0.6 is 11.6 Å². The lowest BCUT2D eigenvalue weighted by molar-refractivity contribution is 0.104. The van der Waals surface area contributed by atoms with E-state index in [0.29, 0.717) is 16.3 Å². The van der Waals surface area contributed by atoms with E-state index in [1.165, 1.54) is 24.4 Å². The van der Waals surface area contributed by atoms with E-state index in [2.05, 4.69) is 5.32 Å². The lowest BCUT2D eigenvalue weighted by Gasteiger charge is -2.03. The van der Waals surface area contributed by atoms with Crippen molar-refractivity contribution >= 4 is 23.1 Å². The third-order valence-electron chi connectivity index (χ3n) is 2.78. The predicted molar refractivity (Wildman–Crippen MR) is 81.5 cm³/mol. The van der Waals surface area contributed by atoms with Gasteiger partial charge in [0.1, 0.15) is 11.6 Å². The minimum atomic E-state index is -0.482. The van der Waals surface area contributed by atoms with Crippen molar-refractivity contribution < 1.29 is 13.9 Å². The number of hydrogen-bond donors (Lipinski definition) is 1. The first-order valence-electron chi connectivity index (χ1n) is 6.16. The Morgan fingerprint density at radius 3 is 2.57 bits per heavy atom. The number of anilines is 1. The molecule has 0 unspecified atom stereocenters. The average molecular weight is 306 g/mol. The molecule has 0 amide bonds. The van der Waals surface area contributed by atoms with Gasteiger partial charge in [-0.05, 0) is 42.5 Å². The summed E-state index contributed by atoms with van der Waals surface area (Å²) in [5, 5.41) is 3.02. The lowest BCUT2D eigenvalue weighted by Crippen LogP contribution is -1.97. The molecule has 0 spiro atoms. The predicted octanol–water partition coefficient (Wildman–Crippen LogP) is 4.30. The minimum Gasteiger partial charge on any atom is -0.497 e. The molecule has 1 N–H and O–H groups in total. The van der Waals surface area contributed by atoms with Crippen molar-refractivity contribution in [3.63, 3.8) is 0 Å². The molecule has 0 aliphatic carbocycles. The number of hydrogen-bond acceptors (Lipinski definition) is 3. The van der Waals surface area contributed by atoms with Gasteiger partial charge in [-0.2, -0.15) is 0 Å². The van der Waals surface area contributed by atoms with E-state index in [1.807, 2.05) is 0 Å². The molecule has 2 rings (SSSR count). The highest BCUT2D eigenvalue weighted by Crippen LogP contribution is 2.19. The summed E-state index contributed by atoms with van der Waals surface area (Å²) >= 11 is 5.66. The molecule has 108 valence electrons. The molecule has 3 nitrogen and oxygen atoms in total. The fraction of sp³-hybridized carbons (Fsp3) is 0.0625. The monoisotopic (exact) mass is 305 g/mol. The molecule has 0 saturated carbocycles. The number of benzene rings is 2. The maximum Gasteiger partial charge on any atom is 0.187 e. The molecule has 2 aromatic carbocycles. The molecule has 0 radical (unpaired) electrons. The van der Waals surface area contributed by atoms with Gasteiger partial charge >= 0.3 is 0 Å². The normalized spacial score (nSPS) is 10.6. The standard InChI is InChI=1S/C16H13ClFNO2/c1-21-13-5-2-11(3-6-13)16(20)8-9-19-15-7-4-12(17)10-14(15)18/h2-10,19H,1H3/b9-8-. The molecule has 0 atom stereocenters. The molecule has 0 bridgehead atoms. The van der Waals surface area contributed by atoms with Crippen LogP contribution in [0, 0.1) is 5.82 Å². The molecule has 0 fully saturated rings. The Labute approximate surface area is 127 Å². The van der Waals surface area contributed by atoms with Gasteiger partial charge in [-0.1, -0.05) is 11.6 Å². The number of methoxy groups -OCH3 is 1. The van der Waals surface area contributed by atoms with Gasteiger partial charge in [0.05, 0.1) is 12.8 Å². The molecule has 21 heavy (non-hydrogen) atoms. The summed E-state index contributed by atoms with van der Waals surface area (Å²) in [6.07, 6.45) is 2.72. The van der Waals surface area contributed by atoms with Crippen molar-refractivity contribution in [2.24, 2.45) is 0 Å². The number of ether oxygens (including phenoxy) is 1. The summed E-state index contributed by atoms with van der Waals surface area (Å²) in [7, 11) is 1.56. The van der Waals surface area contributed by atoms with Crippen LogP contribution < -0.4 is 10.1 Å². The fourth-order valence-electron chi connectivity index (χ4n) is 1.67. The highest BCUT2D eigenvalue weighted by atomic mass is 35.5. The van der Waals surface area contributed by atoms with Gasteiger partial charge < -0.3 is 10.1 Å². The van der Waals surface area contributed by atoms with E-state index in [4.69, 9.17) is 16.3 Å². The van der Waals surface area contributed by atoms with Gasteiger partial charge in [0.15, 0.2) is 5.78 Å². The Morgan fingerprint density at radius 2 is 1.95 bits per heavy atom. The summed E-state index contributed by atoms with van der Waals surface area (Å²) in [6.45, 7) is 0. The fourth-order valence-corrected chi connectivity index (χ4v) is 1.82.